The Labute approximate surface area is 455 Å². The molecule has 0 fully saturated rings. The van der Waals surface area contributed by atoms with E-state index in [0.717, 1.165) is 55.8 Å². The number of para-hydroxylation sites is 1. The van der Waals surface area contributed by atoms with Gasteiger partial charge in [0.05, 0.1) is 0 Å². The van der Waals surface area contributed by atoms with Gasteiger partial charge in [0.25, 0.3) is 0 Å². The van der Waals surface area contributed by atoms with Crippen molar-refractivity contribution >= 4 is 33.2 Å². The van der Waals surface area contributed by atoms with E-state index in [2.05, 4.69) is 293 Å². The molecule has 10 rings (SSSR count). The van der Waals surface area contributed by atoms with Crippen molar-refractivity contribution in [1.82, 2.24) is 9.55 Å². The zero-order chi connectivity index (χ0) is 51.7. The first kappa shape index (κ1) is 52.2. The van der Waals surface area contributed by atoms with Gasteiger partial charge in [0.1, 0.15) is 5.82 Å². The third kappa shape index (κ3) is 10.0. The molecule has 0 atom stereocenters. The maximum Gasteiger partial charge on any atom is 0.135 e. The van der Waals surface area contributed by atoms with E-state index in [-0.39, 0.29) is 48.1 Å². The van der Waals surface area contributed by atoms with E-state index in [4.69, 9.17) is 9.72 Å². The number of anilines is 2. The summed E-state index contributed by atoms with van der Waals surface area (Å²) < 4.78 is 9.41. The number of allylic oxidation sites excluding steroid dienone is 1. The van der Waals surface area contributed by atoms with Crippen LogP contribution in [0.5, 0.6) is 11.5 Å². The number of rotatable bonds is 10. The minimum atomic E-state index is -0.271. The largest absolute Gasteiger partial charge is 0.509 e. The summed E-state index contributed by atoms with van der Waals surface area (Å²) in [6, 6.07) is 66.6. The molecule has 0 radical (unpaired) electrons. The molecule has 0 unspecified atom stereocenters. The Morgan fingerprint density at radius 1 is 0.500 bits per heavy atom. The first-order chi connectivity index (χ1) is 34.6. The molecule has 0 N–H and O–H groups in total. The Morgan fingerprint density at radius 3 is 1.65 bits per heavy atom. The molecular formula is C68H69N4OPt-3. The summed E-state index contributed by atoms with van der Waals surface area (Å²) in [6.45, 7) is 32.0. The van der Waals surface area contributed by atoms with Gasteiger partial charge in [-0.15, -0.1) is 53.8 Å². The number of ether oxygens (including phenoxy) is 1. The number of hydrogen-bond donors (Lipinski definition) is 0. The van der Waals surface area contributed by atoms with Crippen molar-refractivity contribution in [3.05, 3.63) is 234 Å². The Bertz CT molecular complexity index is 3440. The van der Waals surface area contributed by atoms with Crippen molar-refractivity contribution in [3.63, 3.8) is 0 Å². The van der Waals surface area contributed by atoms with Crippen LogP contribution in [-0.4, -0.2) is 9.55 Å². The molecule has 0 spiro atoms. The zero-order valence-corrected chi connectivity index (χ0v) is 47.6. The van der Waals surface area contributed by atoms with Crippen molar-refractivity contribution in [1.29, 1.82) is 0 Å². The van der Waals surface area contributed by atoms with Crippen molar-refractivity contribution in [2.45, 2.75) is 112 Å². The summed E-state index contributed by atoms with van der Waals surface area (Å²) in [4.78, 5) is 9.60. The van der Waals surface area contributed by atoms with Gasteiger partial charge in [-0.2, -0.15) is 0 Å². The molecule has 2 aromatic heterocycles. The maximum absolute atomic E-state index is 7.15. The van der Waals surface area contributed by atoms with Crippen LogP contribution in [0, 0.1) is 24.2 Å². The van der Waals surface area contributed by atoms with Crippen molar-refractivity contribution in [3.8, 4) is 28.4 Å². The minimum Gasteiger partial charge on any atom is -0.509 e. The third-order valence-electron chi connectivity index (χ3n) is 14.9. The molecule has 0 saturated carbocycles. The summed E-state index contributed by atoms with van der Waals surface area (Å²) in [5.74, 6) is 2.07. The van der Waals surface area contributed by atoms with Gasteiger partial charge in [-0.25, -0.2) is 4.98 Å². The van der Waals surface area contributed by atoms with Crippen LogP contribution in [0.4, 0.5) is 11.4 Å². The second-order valence-corrected chi connectivity index (χ2v) is 24.0. The molecule has 6 heteroatoms. The Balaban J connectivity index is 0.00000672. The summed E-state index contributed by atoms with van der Waals surface area (Å²) >= 11 is 0. The monoisotopic (exact) mass is 1150 g/mol. The molecule has 380 valence electrons. The van der Waals surface area contributed by atoms with Crippen LogP contribution in [0.15, 0.2) is 182 Å². The molecule has 0 saturated heterocycles. The van der Waals surface area contributed by atoms with Crippen molar-refractivity contribution in [2.24, 2.45) is 5.41 Å². The topological polar surface area (TPSA) is 33.5 Å². The van der Waals surface area contributed by atoms with E-state index >= 15 is 0 Å². The first-order valence-corrected chi connectivity index (χ1v) is 25.8. The smallest absolute Gasteiger partial charge is 0.135 e. The van der Waals surface area contributed by atoms with Crippen LogP contribution in [-0.2, 0) is 42.7 Å². The van der Waals surface area contributed by atoms with Crippen LogP contribution >= 0.6 is 0 Å². The zero-order valence-electron chi connectivity index (χ0n) is 45.3. The molecule has 74 heavy (non-hydrogen) atoms. The van der Waals surface area contributed by atoms with Gasteiger partial charge >= 0.3 is 0 Å². The Hall–Kier alpha value is -6.68. The van der Waals surface area contributed by atoms with Crippen LogP contribution in [0.1, 0.15) is 123 Å². The van der Waals surface area contributed by atoms with E-state index in [0.29, 0.717) is 11.5 Å². The minimum absolute atomic E-state index is 0. The van der Waals surface area contributed by atoms with E-state index in [9.17, 15) is 0 Å². The molecule has 1 aliphatic heterocycles. The summed E-state index contributed by atoms with van der Waals surface area (Å²) in [5, 5.41) is 2.31. The fraction of sp³-hybridized carbons (Fsp3) is 0.265. The predicted octanol–water partition coefficient (Wildman–Crippen LogP) is 17.8. The van der Waals surface area contributed by atoms with Gasteiger partial charge in [0.15, 0.2) is 0 Å². The van der Waals surface area contributed by atoms with Gasteiger partial charge in [-0.1, -0.05) is 216 Å². The van der Waals surface area contributed by atoms with Crippen molar-refractivity contribution < 1.29 is 25.8 Å². The quantitative estimate of drug-likeness (QED) is 0.128. The molecule has 0 aliphatic carbocycles. The maximum atomic E-state index is 7.15. The van der Waals surface area contributed by atoms with E-state index in [1.807, 2.05) is 6.20 Å². The van der Waals surface area contributed by atoms with Gasteiger partial charge in [0, 0.05) is 71.9 Å². The van der Waals surface area contributed by atoms with Gasteiger partial charge < -0.3 is 19.1 Å². The molecule has 0 bridgehead atoms. The molecule has 9 aromatic rings. The predicted molar refractivity (Wildman–Crippen MR) is 306 cm³/mol. The number of benzene rings is 7. The molecular weight excluding hydrogens is 1080 g/mol. The van der Waals surface area contributed by atoms with Gasteiger partial charge in [0.2, 0.25) is 0 Å². The Morgan fingerprint density at radius 2 is 1.07 bits per heavy atom. The van der Waals surface area contributed by atoms with Crippen LogP contribution < -0.4 is 14.5 Å². The Kier molecular flexibility index (Phi) is 13.8. The number of nitrogens with zero attached hydrogens (tertiary/aromatic N) is 4. The second-order valence-electron chi connectivity index (χ2n) is 24.0. The molecule has 0 amide bonds. The molecule has 7 aromatic carbocycles. The average Bonchev–Trinajstić information content (AvgIpc) is 3.98. The van der Waals surface area contributed by atoms with Gasteiger partial charge in [-0.05, 0) is 86.1 Å². The summed E-state index contributed by atoms with van der Waals surface area (Å²) in [5.41, 5.74) is 13.6. The number of pyridine rings is 1. The first-order valence-electron chi connectivity index (χ1n) is 25.8. The number of fused-ring (bicyclic) bond motifs is 3. The van der Waals surface area contributed by atoms with Crippen LogP contribution in [0.25, 0.3) is 38.8 Å². The number of hydrogen-bond acceptors (Lipinski definition) is 4. The van der Waals surface area contributed by atoms with E-state index < -0.39 is 0 Å². The summed E-state index contributed by atoms with van der Waals surface area (Å²) in [7, 11) is 0. The molecule has 5 nitrogen and oxygen atoms in total. The fourth-order valence-corrected chi connectivity index (χ4v) is 10.3. The van der Waals surface area contributed by atoms with Crippen LogP contribution in [0.2, 0.25) is 0 Å². The molecule has 1 aliphatic rings. The average molecular weight is 1150 g/mol. The SMILES string of the molecule is CC(C)(C)C1=CN(c2cc(C(C)(C)c3ccccc3)cc(C(C)(C)c3ccccc3)c2)[CH-]N1c1[c-]c(Oc2[c-]c3c(c(C(C)(C)C)c2)c2ccccc2n3-c2cc(C(C)(C)C)ccn2)cc(-c2ccccc2)c1.[Pt]. The van der Waals surface area contributed by atoms with E-state index in [1.54, 1.807) is 0 Å². The fourth-order valence-electron chi connectivity index (χ4n) is 10.3. The van der Waals surface area contributed by atoms with E-state index in [1.165, 1.54) is 33.4 Å². The second kappa shape index (κ2) is 19.5. The standard InChI is InChI=1S/C68H69N4O.Pt/c1-64(2,3)50-33-34-69-62(40-50)72-59-32-24-23-31-57(59)63-58(65(4,5)6)42-56(43-60(63)72)73-55-36-47(46-25-17-14-18-26-46)35-54(41-55)71-45-70(44-61(71)66(7,8)9)53-38-51(67(10,11)48-27-19-15-20-28-48)37-52(39-53)68(12,13)49-29-21-16-22-30-49;/h14-40,42,44-45H,1-13H3;/q-3;. The van der Waals surface area contributed by atoms with Gasteiger partial charge in [-0.3, -0.25) is 0 Å². The molecule has 3 heterocycles. The normalized spacial score (nSPS) is 13.6. The van der Waals surface area contributed by atoms with Crippen molar-refractivity contribution in [2.75, 3.05) is 9.80 Å². The summed E-state index contributed by atoms with van der Waals surface area (Å²) in [6.07, 6.45) is 4.23. The number of aromatic nitrogens is 2. The third-order valence-corrected chi connectivity index (χ3v) is 14.9. The van der Waals surface area contributed by atoms with Crippen LogP contribution in [0.3, 0.4) is 0 Å².